The molecule has 1 aromatic rings. The van der Waals surface area contributed by atoms with E-state index in [0.29, 0.717) is 0 Å². The lowest BCUT2D eigenvalue weighted by molar-refractivity contribution is -0.136. The number of hydrogen-bond donors (Lipinski definition) is 2. The average Bonchev–Trinajstić information content (AvgIpc) is 2.19. The normalized spacial score (nSPS) is 10.5. The molecule has 0 aliphatic rings. The van der Waals surface area contributed by atoms with Crippen LogP contribution < -0.4 is 10.5 Å². The first-order chi connectivity index (χ1) is 7.47. The van der Waals surface area contributed by atoms with Crippen LogP contribution in [-0.4, -0.2) is 23.2 Å². The zero-order chi connectivity index (χ0) is 12.3. The number of pyridine rings is 1. The molecule has 1 heterocycles. The Morgan fingerprint density at radius 3 is 2.75 bits per heavy atom. The number of hydrogen-bond acceptors (Lipinski definition) is 4. The van der Waals surface area contributed by atoms with Gasteiger partial charge < -0.3 is 15.6 Å². The fourth-order valence-corrected chi connectivity index (χ4v) is 1.30. The molecule has 0 aliphatic heterocycles. The summed E-state index contributed by atoms with van der Waals surface area (Å²) >= 11 is 0. The monoisotopic (exact) mass is 232 g/mol. The maximum absolute atomic E-state index is 12.7. The smallest absolute Gasteiger partial charge is 0.307 e. The Morgan fingerprint density at radius 2 is 2.31 bits per heavy atom. The van der Waals surface area contributed by atoms with E-state index in [1.807, 2.05) is 0 Å². The molecule has 0 spiro atoms. The van der Waals surface area contributed by atoms with Gasteiger partial charge in [-0.25, -0.2) is 13.8 Å². The summed E-state index contributed by atoms with van der Waals surface area (Å²) < 4.78 is 30.2. The van der Waals surface area contributed by atoms with Gasteiger partial charge in [-0.1, -0.05) is 0 Å². The van der Waals surface area contributed by atoms with Gasteiger partial charge in [0, 0.05) is 5.56 Å². The lowest BCUT2D eigenvalue weighted by Gasteiger charge is -2.13. The van der Waals surface area contributed by atoms with Crippen molar-refractivity contribution in [1.29, 1.82) is 0 Å². The number of anilines is 1. The van der Waals surface area contributed by atoms with Crippen molar-refractivity contribution in [2.24, 2.45) is 0 Å². The van der Waals surface area contributed by atoms with E-state index in [-0.39, 0.29) is 17.1 Å². The molecule has 1 aromatic heterocycles. The molecule has 0 radical (unpaired) electrons. The van der Waals surface area contributed by atoms with Crippen LogP contribution in [-0.2, 0) is 11.2 Å². The van der Waals surface area contributed by atoms with E-state index in [1.165, 1.54) is 7.11 Å². The number of ether oxygens (including phenoxy) is 1. The average molecular weight is 232 g/mol. The number of aliphatic carboxylic acids is 1. The highest BCUT2D eigenvalue weighted by Gasteiger charge is 2.23. The number of rotatable bonds is 4. The van der Waals surface area contributed by atoms with Gasteiger partial charge in [0.2, 0.25) is 0 Å². The van der Waals surface area contributed by atoms with Gasteiger partial charge in [-0.05, 0) is 0 Å². The van der Waals surface area contributed by atoms with Gasteiger partial charge in [0.15, 0.2) is 0 Å². The Kier molecular flexibility index (Phi) is 3.60. The van der Waals surface area contributed by atoms with Crippen LogP contribution >= 0.6 is 0 Å². The first-order valence-electron chi connectivity index (χ1n) is 4.28. The van der Waals surface area contributed by atoms with Gasteiger partial charge in [0.05, 0.1) is 25.3 Å². The summed E-state index contributed by atoms with van der Waals surface area (Å²) in [4.78, 5) is 14.1. The molecule has 0 amide bonds. The largest absolute Gasteiger partial charge is 0.495 e. The molecule has 0 unspecified atom stereocenters. The summed E-state index contributed by atoms with van der Waals surface area (Å²) in [6.07, 6.45) is -2.44. The highest BCUT2D eigenvalue weighted by Crippen LogP contribution is 2.34. The molecular weight excluding hydrogens is 222 g/mol. The van der Waals surface area contributed by atoms with Crippen LogP contribution in [0.1, 0.15) is 17.6 Å². The fraction of sp³-hybridized carbons (Fsp3) is 0.333. The van der Waals surface area contributed by atoms with Crippen molar-refractivity contribution < 1.29 is 23.4 Å². The van der Waals surface area contributed by atoms with Crippen LogP contribution in [0.2, 0.25) is 0 Å². The number of methoxy groups -OCH3 is 1. The predicted molar refractivity (Wildman–Crippen MR) is 51.5 cm³/mol. The van der Waals surface area contributed by atoms with Crippen molar-refractivity contribution in [3.63, 3.8) is 0 Å². The van der Waals surface area contributed by atoms with Gasteiger partial charge >= 0.3 is 5.97 Å². The second kappa shape index (κ2) is 4.73. The maximum Gasteiger partial charge on any atom is 0.307 e. The van der Waals surface area contributed by atoms with Gasteiger partial charge in [-0.2, -0.15) is 0 Å². The number of halogens is 2. The van der Waals surface area contributed by atoms with Crippen molar-refractivity contribution >= 4 is 11.8 Å². The second-order valence-electron chi connectivity index (χ2n) is 2.98. The lowest BCUT2D eigenvalue weighted by atomic mass is 10.1. The van der Waals surface area contributed by atoms with Gasteiger partial charge in [-0.3, -0.25) is 4.79 Å². The van der Waals surface area contributed by atoms with E-state index < -0.39 is 24.4 Å². The Bertz CT molecular complexity index is 410. The molecule has 0 bridgehead atoms. The van der Waals surface area contributed by atoms with Gasteiger partial charge in [-0.15, -0.1) is 0 Å². The second-order valence-corrected chi connectivity index (χ2v) is 2.98. The summed E-state index contributed by atoms with van der Waals surface area (Å²) in [7, 11) is 1.20. The molecule has 88 valence electrons. The molecule has 1 rings (SSSR count). The van der Waals surface area contributed by atoms with Crippen LogP contribution in [0.15, 0.2) is 6.20 Å². The Labute approximate surface area is 89.9 Å². The number of aromatic nitrogens is 1. The number of nitrogens with zero attached hydrogens (tertiary/aromatic N) is 1. The third kappa shape index (κ3) is 2.36. The van der Waals surface area contributed by atoms with E-state index in [4.69, 9.17) is 15.6 Å². The van der Waals surface area contributed by atoms with Crippen molar-refractivity contribution in [2.45, 2.75) is 12.8 Å². The third-order valence-corrected chi connectivity index (χ3v) is 1.99. The maximum atomic E-state index is 12.7. The van der Waals surface area contributed by atoms with E-state index in [9.17, 15) is 13.6 Å². The highest BCUT2D eigenvalue weighted by molar-refractivity contribution is 5.73. The predicted octanol–water partition coefficient (Wildman–Crippen LogP) is 1.24. The Balaban J connectivity index is 3.35. The molecule has 16 heavy (non-hydrogen) atoms. The summed E-state index contributed by atoms with van der Waals surface area (Å²) in [5.41, 5.74) is 4.64. The topological polar surface area (TPSA) is 85.4 Å². The number of nitrogen functional groups attached to an aromatic ring is 1. The molecule has 0 atom stereocenters. The minimum atomic E-state index is -2.87. The van der Waals surface area contributed by atoms with Crippen molar-refractivity contribution in [1.82, 2.24) is 4.98 Å². The van der Waals surface area contributed by atoms with Crippen LogP contribution in [0, 0.1) is 0 Å². The van der Waals surface area contributed by atoms with Crippen LogP contribution in [0.3, 0.4) is 0 Å². The number of carboxylic acids is 1. The molecule has 0 saturated heterocycles. The molecule has 7 heteroatoms. The molecule has 0 aliphatic carbocycles. The quantitative estimate of drug-likeness (QED) is 0.815. The van der Waals surface area contributed by atoms with E-state index in [1.54, 1.807) is 0 Å². The summed E-state index contributed by atoms with van der Waals surface area (Å²) in [5, 5.41) is 8.59. The number of carboxylic acid groups (broad SMARTS) is 1. The van der Waals surface area contributed by atoms with Gasteiger partial charge in [0.1, 0.15) is 11.6 Å². The van der Waals surface area contributed by atoms with E-state index >= 15 is 0 Å². The summed E-state index contributed by atoms with van der Waals surface area (Å²) in [6.45, 7) is 0. The Hall–Kier alpha value is -1.92. The number of nitrogens with two attached hydrogens (primary N) is 1. The van der Waals surface area contributed by atoms with E-state index in [0.717, 1.165) is 6.20 Å². The van der Waals surface area contributed by atoms with Crippen LogP contribution in [0.25, 0.3) is 0 Å². The van der Waals surface area contributed by atoms with Crippen molar-refractivity contribution in [3.05, 3.63) is 17.3 Å². The standard InChI is InChI=1S/C9H10F2N2O3/c1-16-5-3-13-9(12)4(2-6(14)15)7(5)8(10)11/h3,8H,2H2,1H3,(H2,12,13)(H,14,15). The summed E-state index contributed by atoms with van der Waals surface area (Å²) in [5.74, 6) is -1.65. The molecular formula is C9H10F2N2O3. The van der Waals surface area contributed by atoms with Crippen LogP contribution in [0.4, 0.5) is 14.6 Å². The van der Waals surface area contributed by atoms with E-state index in [2.05, 4.69) is 4.98 Å². The zero-order valence-electron chi connectivity index (χ0n) is 8.41. The minimum absolute atomic E-state index is 0.166. The molecule has 3 N–H and O–H groups in total. The highest BCUT2D eigenvalue weighted by atomic mass is 19.3. The SMILES string of the molecule is COc1cnc(N)c(CC(=O)O)c1C(F)F. The molecule has 0 saturated carbocycles. The first-order valence-corrected chi connectivity index (χ1v) is 4.28. The number of carbonyl (C=O) groups is 1. The van der Waals surface area contributed by atoms with Crippen molar-refractivity contribution in [2.75, 3.05) is 12.8 Å². The Morgan fingerprint density at radius 1 is 1.69 bits per heavy atom. The fourth-order valence-electron chi connectivity index (χ4n) is 1.30. The first kappa shape index (κ1) is 12.2. The van der Waals surface area contributed by atoms with Crippen molar-refractivity contribution in [3.8, 4) is 5.75 Å². The lowest BCUT2D eigenvalue weighted by Crippen LogP contribution is -2.10. The van der Waals surface area contributed by atoms with Crippen LogP contribution in [0.5, 0.6) is 5.75 Å². The minimum Gasteiger partial charge on any atom is -0.495 e. The third-order valence-electron chi connectivity index (χ3n) is 1.99. The molecule has 0 aromatic carbocycles. The number of alkyl halides is 2. The van der Waals surface area contributed by atoms with Gasteiger partial charge in [0.25, 0.3) is 6.43 Å². The molecule has 5 nitrogen and oxygen atoms in total. The zero-order valence-corrected chi connectivity index (χ0v) is 8.41. The molecule has 0 fully saturated rings. The summed E-state index contributed by atoms with van der Waals surface area (Å²) in [6, 6.07) is 0.